The van der Waals surface area contributed by atoms with Crippen LogP contribution in [0.4, 0.5) is 5.69 Å². The van der Waals surface area contributed by atoms with Crippen LogP contribution in [0.5, 0.6) is 5.75 Å². The van der Waals surface area contributed by atoms with E-state index in [4.69, 9.17) is 4.74 Å². The third-order valence-corrected chi connectivity index (χ3v) is 4.84. The van der Waals surface area contributed by atoms with Gasteiger partial charge in [0.2, 0.25) is 11.8 Å². The second kappa shape index (κ2) is 12.0. The summed E-state index contributed by atoms with van der Waals surface area (Å²) in [6, 6.07) is 13.9. The highest BCUT2D eigenvalue weighted by molar-refractivity contribution is 9.10. The zero-order chi connectivity index (χ0) is 21.9. The Morgan fingerprint density at radius 3 is 2.27 bits per heavy atom. The highest BCUT2D eigenvalue weighted by atomic mass is 79.9. The molecule has 160 valence electrons. The lowest BCUT2D eigenvalue weighted by Gasteiger charge is -2.22. The van der Waals surface area contributed by atoms with Gasteiger partial charge in [-0.1, -0.05) is 29.3 Å². The first-order chi connectivity index (χ1) is 14.4. The van der Waals surface area contributed by atoms with E-state index >= 15 is 0 Å². The lowest BCUT2D eigenvalue weighted by molar-refractivity contribution is -0.124. The second-order valence-electron chi connectivity index (χ2n) is 6.64. The number of nitrogens with one attached hydrogen (secondary N) is 2. The standard InChI is InChI=1S/C22H26BrN3O4/c1-3-4-13-26(22(29)16-5-7-17(23)8-6-16)15-21(28)24-14-20(27)25-18-9-11-19(30-2)12-10-18/h5-12H,3-4,13-15H2,1-2H3,(H,24,28)(H,25,27). The maximum atomic E-state index is 12.8. The molecule has 0 spiro atoms. The van der Waals surface area contributed by atoms with Crippen LogP contribution >= 0.6 is 15.9 Å². The molecule has 0 unspecified atom stereocenters. The average Bonchev–Trinajstić information content (AvgIpc) is 2.75. The van der Waals surface area contributed by atoms with Crippen LogP contribution in [0.25, 0.3) is 0 Å². The molecule has 8 heteroatoms. The van der Waals surface area contributed by atoms with E-state index in [0.717, 1.165) is 17.3 Å². The van der Waals surface area contributed by atoms with E-state index in [0.29, 0.717) is 23.5 Å². The summed E-state index contributed by atoms with van der Waals surface area (Å²) in [5.74, 6) is -0.271. The highest BCUT2D eigenvalue weighted by Crippen LogP contribution is 2.15. The van der Waals surface area contributed by atoms with Crippen molar-refractivity contribution in [1.82, 2.24) is 10.2 Å². The molecular formula is C22H26BrN3O4. The van der Waals surface area contributed by atoms with Crippen molar-refractivity contribution < 1.29 is 19.1 Å². The summed E-state index contributed by atoms with van der Waals surface area (Å²) in [5.41, 5.74) is 1.12. The van der Waals surface area contributed by atoms with Crippen LogP contribution in [0.2, 0.25) is 0 Å². The predicted molar refractivity (Wildman–Crippen MR) is 120 cm³/mol. The van der Waals surface area contributed by atoms with Crippen molar-refractivity contribution in [3.05, 3.63) is 58.6 Å². The molecule has 0 aromatic heterocycles. The minimum Gasteiger partial charge on any atom is -0.497 e. The first-order valence-electron chi connectivity index (χ1n) is 9.68. The molecule has 7 nitrogen and oxygen atoms in total. The summed E-state index contributed by atoms with van der Waals surface area (Å²) in [7, 11) is 1.56. The molecule has 0 fully saturated rings. The number of hydrogen-bond donors (Lipinski definition) is 2. The molecule has 0 radical (unpaired) electrons. The number of hydrogen-bond acceptors (Lipinski definition) is 4. The van der Waals surface area contributed by atoms with Gasteiger partial charge in [0.1, 0.15) is 5.75 Å². The Labute approximate surface area is 184 Å². The molecule has 0 aliphatic rings. The van der Waals surface area contributed by atoms with Crippen LogP contribution in [0.15, 0.2) is 53.0 Å². The van der Waals surface area contributed by atoms with E-state index in [1.165, 1.54) is 4.90 Å². The number of unbranched alkanes of at least 4 members (excludes halogenated alkanes) is 1. The van der Waals surface area contributed by atoms with Crippen molar-refractivity contribution in [1.29, 1.82) is 0 Å². The lowest BCUT2D eigenvalue weighted by atomic mass is 10.2. The van der Waals surface area contributed by atoms with Gasteiger partial charge in [0, 0.05) is 22.3 Å². The van der Waals surface area contributed by atoms with Crippen molar-refractivity contribution >= 4 is 39.3 Å². The minimum atomic E-state index is -0.388. The molecular weight excluding hydrogens is 450 g/mol. The number of ether oxygens (including phenoxy) is 1. The number of halogens is 1. The van der Waals surface area contributed by atoms with Gasteiger partial charge in [-0.3, -0.25) is 14.4 Å². The Kier molecular flexibility index (Phi) is 9.34. The first kappa shape index (κ1) is 23.4. The van der Waals surface area contributed by atoms with Gasteiger partial charge in [-0.05, 0) is 55.0 Å². The fraction of sp³-hybridized carbons (Fsp3) is 0.318. The monoisotopic (exact) mass is 475 g/mol. The number of carbonyl (C=O) groups excluding carboxylic acids is 3. The summed E-state index contributed by atoms with van der Waals surface area (Å²) in [4.78, 5) is 38.7. The largest absolute Gasteiger partial charge is 0.497 e. The zero-order valence-corrected chi connectivity index (χ0v) is 18.7. The van der Waals surface area contributed by atoms with Crippen molar-refractivity contribution in [3.63, 3.8) is 0 Å². The molecule has 2 aromatic carbocycles. The van der Waals surface area contributed by atoms with Gasteiger partial charge >= 0.3 is 0 Å². The fourth-order valence-electron chi connectivity index (χ4n) is 2.66. The van der Waals surface area contributed by atoms with E-state index in [-0.39, 0.29) is 30.8 Å². The Morgan fingerprint density at radius 1 is 1.00 bits per heavy atom. The number of benzene rings is 2. The quantitative estimate of drug-likeness (QED) is 0.550. The summed E-state index contributed by atoms with van der Waals surface area (Å²) < 4.78 is 5.95. The van der Waals surface area contributed by atoms with Crippen LogP contribution in [-0.4, -0.2) is 49.4 Å². The molecule has 0 atom stereocenters. The Morgan fingerprint density at radius 2 is 1.67 bits per heavy atom. The van der Waals surface area contributed by atoms with Crippen molar-refractivity contribution in [3.8, 4) is 5.75 Å². The van der Waals surface area contributed by atoms with Crippen LogP contribution in [0.1, 0.15) is 30.1 Å². The SMILES string of the molecule is CCCCN(CC(=O)NCC(=O)Nc1ccc(OC)cc1)C(=O)c1ccc(Br)cc1. The van der Waals surface area contributed by atoms with Crippen molar-refractivity contribution in [2.24, 2.45) is 0 Å². The summed E-state index contributed by atoms with van der Waals surface area (Å²) >= 11 is 3.35. The molecule has 0 heterocycles. The van der Waals surface area contributed by atoms with Gasteiger partial charge in [-0.25, -0.2) is 0 Å². The Hall–Kier alpha value is -2.87. The lowest BCUT2D eigenvalue weighted by Crippen LogP contribution is -2.43. The normalized spacial score (nSPS) is 10.2. The first-order valence-corrected chi connectivity index (χ1v) is 10.5. The van der Waals surface area contributed by atoms with Crippen molar-refractivity contribution in [2.45, 2.75) is 19.8 Å². The third-order valence-electron chi connectivity index (χ3n) is 4.31. The smallest absolute Gasteiger partial charge is 0.254 e. The number of rotatable bonds is 10. The van der Waals surface area contributed by atoms with E-state index in [1.54, 1.807) is 55.6 Å². The summed E-state index contributed by atoms with van der Waals surface area (Å²) in [5, 5.41) is 5.27. The number of anilines is 1. The van der Waals surface area contributed by atoms with E-state index in [2.05, 4.69) is 26.6 Å². The van der Waals surface area contributed by atoms with Crippen LogP contribution in [0, 0.1) is 0 Å². The molecule has 2 aromatic rings. The number of methoxy groups -OCH3 is 1. The Bertz CT molecular complexity index is 854. The minimum absolute atomic E-state index is 0.106. The van der Waals surface area contributed by atoms with Gasteiger partial charge in [0.15, 0.2) is 0 Å². The summed E-state index contributed by atoms with van der Waals surface area (Å²) in [6.07, 6.45) is 1.68. The molecule has 2 rings (SSSR count). The van der Waals surface area contributed by atoms with E-state index in [9.17, 15) is 14.4 Å². The van der Waals surface area contributed by atoms with Crippen LogP contribution in [-0.2, 0) is 9.59 Å². The summed E-state index contributed by atoms with van der Waals surface area (Å²) in [6.45, 7) is 2.20. The maximum absolute atomic E-state index is 12.8. The molecule has 0 saturated heterocycles. The topological polar surface area (TPSA) is 87.7 Å². The number of amides is 3. The highest BCUT2D eigenvalue weighted by Gasteiger charge is 2.19. The van der Waals surface area contributed by atoms with Crippen molar-refractivity contribution in [2.75, 3.05) is 32.1 Å². The Balaban J connectivity index is 1.88. The molecule has 0 aliphatic heterocycles. The second-order valence-corrected chi connectivity index (χ2v) is 7.56. The maximum Gasteiger partial charge on any atom is 0.254 e. The van der Waals surface area contributed by atoms with Gasteiger partial charge < -0.3 is 20.3 Å². The van der Waals surface area contributed by atoms with Crippen LogP contribution in [0.3, 0.4) is 0 Å². The third kappa shape index (κ3) is 7.51. The predicted octanol–water partition coefficient (Wildman–Crippen LogP) is 3.45. The molecule has 0 bridgehead atoms. The number of nitrogens with zero attached hydrogens (tertiary/aromatic N) is 1. The zero-order valence-electron chi connectivity index (χ0n) is 17.1. The number of carbonyl (C=O) groups is 3. The van der Waals surface area contributed by atoms with Gasteiger partial charge in [-0.15, -0.1) is 0 Å². The van der Waals surface area contributed by atoms with Crippen LogP contribution < -0.4 is 15.4 Å². The molecule has 30 heavy (non-hydrogen) atoms. The van der Waals surface area contributed by atoms with Gasteiger partial charge in [0.25, 0.3) is 5.91 Å². The van der Waals surface area contributed by atoms with Gasteiger partial charge in [-0.2, -0.15) is 0 Å². The molecule has 2 N–H and O–H groups in total. The molecule has 3 amide bonds. The molecule has 0 saturated carbocycles. The van der Waals surface area contributed by atoms with E-state index < -0.39 is 0 Å². The molecule has 0 aliphatic carbocycles. The van der Waals surface area contributed by atoms with Gasteiger partial charge in [0.05, 0.1) is 20.2 Å². The van der Waals surface area contributed by atoms with E-state index in [1.807, 2.05) is 6.92 Å². The average molecular weight is 476 g/mol. The fourth-order valence-corrected chi connectivity index (χ4v) is 2.93.